The lowest BCUT2D eigenvalue weighted by Gasteiger charge is -2.38. The van der Waals surface area contributed by atoms with E-state index >= 15 is 0 Å². The lowest BCUT2D eigenvalue weighted by Crippen LogP contribution is -2.47. The number of rotatable bonds is 6. The third-order valence-corrected chi connectivity index (χ3v) is 2.40. The van der Waals surface area contributed by atoms with Gasteiger partial charge in [-0.25, -0.2) is 0 Å². The van der Waals surface area contributed by atoms with Crippen LogP contribution in [0.5, 0.6) is 0 Å². The van der Waals surface area contributed by atoms with Crippen LogP contribution in [0, 0.1) is 5.92 Å². The largest absolute Gasteiger partial charge is 0.394 e. The highest BCUT2D eigenvalue weighted by Gasteiger charge is 2.23. The molecule has 12 heavy (non-hydrogen) atoms. The van der Waals surface area contributed by atoms with Gasteiger partial charge in [0.15, 0.2) is 0 Å². The van der Waals surface area contributed by atoms with Gasteiger partial charge in [-0.3, -0.25) is 0 Å². The summed E-state index contributed by atoms with van der Waals surface area (Å²) in [5.74, 6) is 0.919. The van der Waals surface area contributed by atoms with Gasteiger partial charge in [-0.1, -0.05) is 13.3 Å². The van der Waals surface area contributed by atoms with Gasteiger partial charge < -0.3 is 14.7 Å². The molecule has 1 aliphatic heterocycles. The summed E-state index contributed by atoms with van der Waals surface area (Å²) >= 11 is 0. The van der Waals surface area contributed by atoms with Crippen LogP contribution in [0.15, 0.2) is 0 Å². The zero-order valence-corrected chi connectivity index (χ0v) is 7.83. The van der Waals surface area contributed by atoms with E-state index in [9.17, 15) is 0 Å². The number of nitrogens with zero attached hydrogens (tertiary/aromatic N) is 1. The molecule has 1 aliphatic rings. The summed E-state index contributed by atoms with van der Waals surface area (Å²) in [6.45, 7) is 7.11. The summed E-state index contributed by atoms with van der Waals surface area (Å²) in [5.41, 5.74) is 0. The molecule has 0 amide bonds. The third-order valence-electron chi connectivity index (χ3n) is 2.40. The van der Waals surface area contributed by atoms with Crippen LogP contribution in [0.1, 0.15) is 13.3 Å². The standard InChI is InChI=1S/C9H19NO2/c1-2-9-7-10(8-9)3-5-12-6-4-11/h9,11H,2-8H2,1H3. The highest BCUT2D eigenvalue weighted by molar-refractivity contribution is 4.77. The first kappa shape index (κ1) is 9.96. The molecule has 1 saturated heterocycles. The summed E-state index contributed by atoms with van der Waals surface area (Å²) in [4.78, 5) is 2.39. The summed E-state index contributed by atoms with van der Waals surface area (Å²) in [7, 11) is 0. The first-order chi connectivity index (χ1) is 5.86. The molecule has 0 unspecified atom stereocenters. The molecule has 0 aromatic heterocycles. The van der Waals surface area contributed by atoms with Gasteiger partial charge in [0, 0.05) is 19.6 Å². The number of ether oxygens (including phenoxy) is 1. The quantitative estimate of drug-likeness (QED) is 0.588. The highest BCUT2D eigenvalue weighted by atomic mass is 16.5. The molecule has 0 aromatic rings. The van der Waals surface area contributed by atoms with Gasteiger partial charge in [0.05, 0.1) is 19.8 Å². The molecule has 0 atom stereocenters. The number of aliphatic hydroxyl groups is 1. The van der Waals surface area contributed by atoms with Gasteiger partial charge in [-0.2, -0.15) is 0 Å². The average molecular weight is 173 g/mol. The van der Waals surface area contributed by atoms with Gasteiger partial charge in [0.25, 0.3) is 0 Å². The molecule has 0 aromatic carbocycles. The van der Waals surface area contributed by atoms with E-state index in [0.717, 1.165) is 19.1 Å². The van der Waals surface area contributed by atoms with E-state index in [4.69, 9.17) is 9.84 Å². The van der Waals surface area contributed by atoms with Crippen LogP contribution in [-0.4, -0.2) is 49.5 Å². The summed E-state index contributed by atoms with van der Waals surface area (Å²) in [6.07, 6.45) is 1.30. The molecular formula is C9H19NO2. The van der Waals surface area contributed by atoms with Crippen LogP contribution in [0.4, 0.5) is 0 Å². The Morgan fingerprint density at radius 3 is 2.75 bits per heavy atom. The molecule has 0 saturated carbocycles. The fourth-order valence-corrected chi connectivity index (χ4v) is 1.48. The van der Waals surface area contributed by atoms with Crippen molar-refractivity contribution in [2.75, 3.05) is 39.5 Å². The normalized spacial score (nSPS) is 19.5. The van der Waals surface area contributed by atoms with E-state index in [-0.39, 0.29) is 6.61 Å². The molecule has 1 fully saturated rings. The van der Waals surface area contributed by atoms with Crippen molar-refractivity contribution in [3.63, 3.8) is 0 Å². The Bertz CT molecular complexity index is 113. The number of aliphatic hydroxyl groups excluding tert-OH is 1. The van der Waals surface area contributed by atoms with E-state index in [1.807, 2.05) is 0 Å². The van der Waals surface area contributed by atoms with Gasteiger partial charge in [0.1, 0.15) is 0 Å². The Morgan fingerprint density at radius 1 is 1.42 bits per heavy atom. The maximum Gasteiger partial charge on any atom is 0.0698 e. The molecule has 3 heteroatoms. The molecule has 1 rings (SSSR count). The van der Waals surface area contributed by atoms with Crippen molar-refractivity contribution < 1.29 is 9.84 Å². The summed E-state index contributed by atoms with van der Waals surface area (Å²) in [5, 5.41) is 8.44. The van der Waals surface area contributed by atoms with Gasteiger partial charge in [-0.15, -0.1) is 0 Å². The van der Waals surface area contributed by atoms with Crippen LogP contribution < -0.4 is 0 Å². The molecule has 1 N–H and O–H groups in total. The molecule has 0 aliphatic carbocycles. The maximum atomic E-state index is 8.44. The van der Waals surface area contributed by atoms with E-state index < -0.39 is 0 Å². The van der Waals surface area contributed by atoms with Crippen LogP contribution in [0.2, 0.25) is 0 Å². The van der Waals surface area contributed by atoms with Crippen molar-refractivity contribution in [2.45, 2.75) is 13.3 Å². The second-order valence-electron chi connectivity index (χ2n) is 3.37. The van der Waals surface area contributed by atoms with Crippen molar-refractivity contribution in [1.82, 2.24) is 4.90 Å². The van der Waals surface area contributed by atoms with E-state index in [0.29, 0.717) is 6.61 Å². The zero-order valence-electron chi connectivity index (χ0n) is 7.83. The average Bonchev–Trinajstić information content (AvgIpc) is 2.01. The zero-order chi connectivity index (χ0) is 8.81. The van der Waals surface area contributed by atoms with Gasteiger partial charge in [0.2, 0.25) is 0 Å². The fraction of sp³-hybridized carbons (Fsp3) is 1.00. The van der Waals surface area contributed by atoms with Gasteiger partial charge in [-0.05, 0) is 5.92 Å². The van der Waals surface area contributed by atoms with Crippen molar-refractivity contribution in [1.29, 1.82) is 0 Å². The first-order valence-electron chi connectivity index (χ1n) is 4.77. The Hall–Kier alpha value is -0.120. The molecule has 0 bridgehead atoms. The third kappa shape index (κ3) is 3.09. The van der Waals surface area contributed by atoms with Crippen LogP contribution in [0.25, 0.3) is 0 Å². The molecular weight excluding hydrogens is 154 g/mol. The molecule has 3 nitrogen and oxygen atoms in total. The fourth-order valence-electron chi connectivity index (χ4n) is 1.48. The SMILES string of the molecule is CCC1CN(CCOCCO)C1. The molecule has 0 spiro atoms. The van der Waals surface area contributed by atoms with E-state index in [1.165, 1.54) is 19.5 Å². The topological polar surface area (TPSA) is 32.7 Å². The van der Waals surface area contributed by atoms with Crippen molar-refractivity contribution in [3.8, 4) is 0 Å². The highest BCUT2D eigenvalue weighted by Crippen LogP contribution is 2.17. The van der Waals surface area contributed by atoms with E-state index in [2.05, 4.69) is 11.8 Å². The minimum absolute atomic E-state index is 0.136. The minimum Gasteiger partial charge on any atom is -0.394 e. The second kappa shape index (κ2) is 5.51. The number of hydrogen-bond acceptors (Lipinski definition) is 3. The predicted molar refractivity (Wildman–Crippen MR) is 48.1 cm³/mol. The predicted octanol–water partition coefficient (Wildman–Crippen LogP) is 0.337. The number of likely N-dealkylation sites (tertiary alicyclic amines) is 1. The smallest absolute Gasteiger partial charge is 0.0698 e. The number of hydrogen-bond donors (Lipinski definition) is 1. The lowest BCUT2D eigenvalue weighted by atomic mass is 9.98. The molecule has 72 valence electrons. The summed E-state index contributed by atoms with van der Waals surface area (Å²) in [6, 6.07) is 0. The second-order valence-corrected chi connectivity index (χ2v) is 3.37. The monoisotopic (exact) mass is 173 g/mol. The Morgan fingerprint density at radius 2 is 2.17 bits per heavy atom. The van der Waals surface area contributed by atoms with Gasteiger partial charge >= 0.3 is 0 Å². The van der Waals surface area contributed by atoms with Crippen molar-refractivity contribution in [2.24, 2.45) is 5.92 Å². The van der Waals surface area contributed by atoms with Crippen LogP contribution in [-0.2, 0) is 4.74 Å². The summed E-state index contributed by atoms with van der Waals surface area (Å²) < 4.78 is 5.17. The first-order valence-corrected chi connectivity index (χ1v) is 4.77. The Balaban J connectivity index is 1.83. The van der Waals surface area contributed by atoms with Crippen molar-refractivity contribution in [3.05, 3.63) is 0 Å². The minimum atomic E-state index is 0.136. The van der Waals surface area contributed by atoms with Crippen LogP contribution in [0.3, 0.4) is 0 Å². The molecule has 0 radical (unpaired) electrons. The van der Waals surface area contributed by atoms with Crippen molar-refractivity contribution >= 4 is 0 Å². The lowest BCUT2D eigenvalue weighted by molar-refractivity contribution is 0.0353. The van der Waals surface area contributed by atoms with E-state index in [1.54, 1.807) is 0 Å². The maximum absolute atomic E-state index is 8.44. The molecule has 1 heterocycles. The Kier molecular flexibility index (Phi) is 4.58. The van der Waals surface area contributed by atoms with Crippen LogP contribution >= 0.6 is 0 Å². The Labute approximate surface area is 74.3 Å².